The zero-order valence-corrected chi connectivity index (χ0v) is 15.1. The van der Waals surface area contributed by atoms with E-state index in [9.17, 15) is 4.79 Å². The lowest BCUT2D eigenvalue weighted by Crippen LogP contribution is -2.34. The molecular weight excluding hydrogens is 354 g/mol. The first-order valence-corrected chi connectivity index (χ1v) is 8.92. The monoisotopic (exact) mass is 373 g/mol. The van der Waals surface area contributed by atoms with E-state index in [0.29, 0.717) is 23.8 Å². The Labute approximate surface area is 162 Å². The summed E-state index contributed by atoms with van der Waals surface area (Å²) in [6.45, 7) is 0.606. The molecule has 0 fully saturated rings. The summed E-state index contributed by atoms with van der Waals surface area (Å²) in [6, 6.07) is 24.3. The predicted octanol–water partition coefficient (Wildman–Crippen LogP) is 5.17. The lowest BCUT2D eigenvalue weighted by Gasteiger charge is -2.21. The van der Waals surface area contributed by atoms with Gasteiger partial charge >= 0.3 is 6.03 Å². The average Bonchev–Trinajstić information content (AvgIpc) is 3.41. The molecule has 140 valence electrons. The molecule has 0 unspecified atom stereocenters. The molecule has 0 saturated carbocycles. The maximum absolute atomic E-state index is 12.8. The largest absolute Gasteiger partial charge is 0.467 e. The highest BCUT2D eigenvalue weighted by Crippen LogP contribution is 2.21. The highest BCUT2D eigenvalue weighted by Gasteiger charge is 2.18. The molecule has 28 heavy (non-hydrogen) atoms. The van der Waals surface area contributed by atoms with Crippen molar-refractivity contribution in [3.8, 4) is 11.3 Å². The van der Waals surface area contributed by atoms with Crippen LogP contribution in [0.25, 0.3) is 11.3 Å². The summed E-state index contributed by atoms with van der Waals surface area (Å²) in [7, 11) is 0. The second-order valence-corrected chi connectivity index (χ2v) is 6.28. The average molecular weight is 373 g/mol. The van der Waals surface area contributed by atoms with Crippen molar-refractivity contribution in [2.45, 2.75) is 13.1 Å². The number of nitrogens with one attached hydrogen (secondary N) is 1. The molecule has 0 bridgehead atoms. The van der Waals surface area contributed by atoms with Crippen molar-refractivity contribution in [3.63, 3.8) is 0 Å². The van der Waals surface area contributed by atoms with Crippen molar-refractivity contribution in [3.05, 3.63) is 96.6 Å². The Morgan fingerprint density at radius 1 is 0.929 bits per heavy atom. The van der Waals surface area contributed by atoms with E-state index in [1.807, 2.05) is 72.8 Å². The first kappa shape index (κ1) is 17.6. The van der Waals surface area contributed by atoms with Gasteiger partial charge in [0.1, 0.15) is 11.5 Å². The molecule has 4 aromatic rings. The zero-order valence-electron chi connectivity index (χ0n) is 15.1. The third-order valence-corrected chi connectivity index (χ3v) is 4.21. The summed E-state index contributed by atoms with van der Waals surface area (Å²) in [6.07, 6.45) is 1.59. The second-order valence-electron chi connectivity index (χ2n) is 6.28. The smallest absolute Gasteiger partial charge is 0.322 e. The van der Waals surface area contributed by atoms with Crippen LogP contribution < -0.4 is 5.32 Å². The van der Waals surface area contributed by atoms with Crippen LogP contribution in [-0.4, -0.2) is 16.1 Å². The molecule has 0 aliphatic heterocycles. The normalized spacial score (nSPS) is 10.6. The molecule has 0 aliphatic carbocycles. The summed E-state index contributed by atoms with van der Waals surface area (Å²) < 4.78 is 10.9. The summed E-state index contributed by atoms with van der Waals surface area (Å²) in [5.74, 6) is 1.35. The molecule has 2 amide bonds. The molecule has 4 rings (SSSR count). The van der Waals surface area contributed by atoms with Gasteiger partial charge in [-0.2, -0.15) is 0 Å². The number of hydrogen-bond acceptors (Lipinski definition) is 4. The van der Waals surface area contributed by atoms with E-state index < -0.39 is 0 Å². The van der Waals surface area contributed by atoms with Crippen LogP contribution >= 0.6 is 0 Å². The standard InChI is InChI=1S/C22H19N3O3/c26-22(23-18-10-5-2-6-11-18)25(16-20-12-7-13-27-20)15-19-14-21(28-24-19)17-8-3-1-4-9-17/h1-14H,15-16H2,(H,23,26). The fraction of sp³-hybridized carbons (Fsp3) is 0.0909. The molecular formula is C22H19N3O3. The van der Waals surface area contributed by atoms with Crippen LogP contribution in [-0.2, 0) is 13.1 Å². The minimum atomic E-state index is -0.244. The molecule has 0 aliphatic rings. The van der Waals surface area contributed by atoms with Gasteiger partial charge in [0.25, 0.3) is 0 Å². The van der Waals surface area contributed by atoms with E-state index in [-0.39, 0.29) is 12.6 Å². The highest BCUT2D eigenvalue weighted by atomic mass is 16.5. The summed E-state index contributed by atoms with van der Waals surface area (Å²) in [5, 5.41) is 7.02. The van der Waals surface area contributed by atoms with Gasteiger partial charge in [-0.05, 0) is 24.3 Å². The number of urea groups is 1. The minimum absolute atomic E-state index is 0.244. The Morgan fingerprint density at radius 2 is 1.68 bits per heavy atom. The van der Waals surface area contributed by atoms with Crippen LogP contribution in [0.15, 0.2) is 94.1 Å². The van der Waals surface area contributed by atoms with Crippen molar-refractivity contribution < 1.29 is 13.7 Å². The molecule has 6 nitrogen and oxygen atoms in total. The molecule has 2 heterocycles. The van der Waals surface area contributed by atoms with E-state index in [0.717, 1.165) is 11.3 Å². The topological polar surface area (TPSA) is 71.5 Å². The number of anilines is 1. The minimum Gasteiger partial charge on any atom is -0.467 e. The van der Waals surface area contributed by atoms with Gasteiger partial charge in [-0.3, -0.25) is 0 Å². The van der Waals surface area contributed by atoms with Gasteiger partial charge in [0.15, 0.2) is 5.76 Å². The van der Waals surface area contributed by atoms with Crippen molar-refractivity contribution in [1.29, 1.82) is 0 Å². The Bertz CT molecular complexity index is 1010. The van der Waals surface area contributed by atoms with Crippen LogP contribution in [0.4, 0.5) is 10.5 Å². The Morgan fingerprint density at radius 3 is 2.39 bits per heavy atom. The van der Waals surface area contributed by atoms with Gasteiger partial charge in [0.2, 0.25) is 0 Å². The number of carbonyl (C=O) groups excluding carboxylic acids is 1. The zero-order chi connectivity index (χ0) is 19.2. The third-order valence-electron chi connectivity index (χ3n) is 4.21. The number of nitrogens with zero attached hydrogens (tertiary/aromatic N) is 2. The number of amides is 2. The number of rotatable bonds is 6. The Kier molecular flexibility index (Phi) is 5.20. The fourth-order valence-corrected chi connectivity index (χ4v) is 2.83. The van der Waals surface area contributed by atoms with E-state index in [4.69, 9.17) is 8.94 Å². The van der Waals surface area contributed by atoms with Gasteiger partial charge in [-0.15, -0.1) is 0 Å². The number of para-hydroxylation sites is 1. The second kappa shape index (κ2) is 8.26. The molecule has 0 spiro atoms. The summed E-state index contributed by atoms with van der Waals surface area (Å²) >= 11 is 0. The molecule has 0 radical (unpaired) electrons. The number of aromatic nitrogens is 1. The molecule has 1 N–H and O–H groups in total. The van der Waals surface area contributed by atoms with E-state index in [2.05, 4.69) is 10.5 Å². The van der Waals surface area contributed by atoms with Crippen LogP contribution in [0.5, 0.6) is 0 Å². The van der Waals surface area contributed by atoms with E-state index >= 15 is 0 Å². The molecule has 6 heteroatoms. The summed E-state index contributed by atoms with van der Waals surface area (Å²) in [5.41, 5.74) is 2.32. The maximum Gasteiger partial charge on any atom is 0.322 e. The van der Waals surface area contributed by atoms with Crippen molar-refractivity contribution in [1.82, 2.24) is 10.1 Å². The molecule has 0 saturated heterocycles. The lowest BCUT2D eigenvalue weighted by atomic mass is 10.1. The Balaban J connectivity index is 1.52. The first-order chi connectivity index (χ1) is 13.8. The van der Waals surface area contributed by atoms with Gasteiger partial charge in [0.05, 0.1) is 19.4 Å². The lowest BCUT2D eigenvalue weighted by molar-refractivity contribution is 0.199. The molecule has 0 atom stereocenters. The van der Waals surface area contributed by atoms with Crippen molar-refractivity contribution >= 4 is 11.7 Å². The number of furan rings is 1. The number of hydrogen-bond donors (Lipinski definition) is 1. The summed E-state index contributed by atoms with van der Waals surface area (Å²) in [4.78, 5) is 14.5. The van der Waals surface area contributed by atoms with E-state index in [1.165, 1.54) is 0 Å². The number of carbonyl (C=O) groups is 1. The van der Waals surface area contributed by atoms with Crippen LogP contribution in [0.3, 0.4) is 0 Å². The fourth-order valence-electron chi connectivity index (χ4n) is 2.83. The van der Waals surface area contributed by atoms with Gasteiger partial charge in [-0.1, -0.05) is 53.7 Å². The van der Waals surface area contributed by atoms with Gasteiger partial charge in [0, 0.05) is 17.3 Å². The van der Waals surface area contributed by atoms with Crippen molar-refractivity contribution in [2.75, 3.05) is 5.32 Å². The Hall–Kier alpha value is -3.80. The van der Waals surface area contributed by atoms with Gasteiger partial charge < -0.3 is 19.2 Å². The van der Waals surface area contributed by atoms with E-state index in [1.54, 1.807) is 17.2 Å². The maximum atomic E-state index is 12.8. The van der Waals surface area contributed by atoms with Crippen LogP contribution in [0.2, 0.25) is 0 Å². The third kappa shape index (κ3) is 4.29. The number of benzene rings is 2. The molecule has 2 aromatic carbocycles. The van der Waals surface area contributed by atoms with Gasteiger partial charge in [-0.25, -0.2) is 4.79 Å². The highest BCUT2D eigenvalue weighted by molar-refractivity contribution is 5.89. The van der Waals surface area contributed by atoms with Crippen LogP contribution in [0, 0.1) is 0 Å². The quantitative estimate of drug-likeness (QED) is 0.506. The first-order valence-electron chi connectivity index (χ1n) is 8.92. The SMILES string of the molecule is O=C(Nc1ccccc1)N(Cc1cc(-c2ccccc2)on1)Cc1ccco1. The molecule has 2 aromatic heterocycles. The van der Waals surface area contributed by atoms with Crippen molar-refractivity contribution in [2.24, 2.45) is 0 Å². The van der Waals surface area contributed by atoms with Crippen LogP contribution in [0.1, 0.15) is 11.5 Å². The predicted molar refractivity (Wildman–Crippen MR) is 105 cm³/mol.